The molecule has 0 aromatic heterocycles. The van der Waals surface area contributed by atoms with Crippen LogP contribution in [-0.2, 0) is 0 Å². The molecule has 0 nitrogen and oxygen atoms in total. The fourth-order valence-corrected chi connectivity index (χ4v) is 1.44. The first-order valence-corrected chi connectivity index (χ1v) is 4.88. The summed E-state index contributed by atoms with van der Waals surface area (Å²) in [6.45, 7) is 4.49. The number of rotatable bonds is 2. The van der Waals surface area contributed by atoms with E-state index in [1.54, 1.807) is 0 Å². The first-order valence-electron chi connectivity index (χ1n) is 2.35. The quantitative estimate of drug-likeness (QED) is 0.513. The molecule has 0 aliphatic heterocycles. The van der Waals surface area contributed by atoms with E-state index in [2.05, 4.69) is 42.3 Å². The van der Waals surface area contributed by atoms with Crippen LogP contribution in [0.25, 0.3) is 0 Å². The van der Waals surface area contributed by atoms with Crippen molar-refractivity contribution >= 4 is 44.3 Å². The van der Waals surface area contributed by atoms with Crippen LogP contribution < -0.4 is 0 Å². The first kappa shape index (κ1) is 8.21. The number of halogens is 1. The minimum absolute atomic E-state index is 0.799. The van der Waals surface area contributed by atoms with Crippen molar-refractivity contribution in [1.29, 1.82) is 0 Å². The van der Waals surface area contributed by atoms with E-state index in [0.29, 0.717) is 0 Å². The van der Waals surface area contributed by atoms with Gasteiger partial charge in [0.2, 0.25) is 0 Å². The second-order valence-corrected chi connectivity index (χ2v) is 4.80. The van der Waals surface area contributed by atoms with Crippen LogP contribution in [0.1, 0.15) is 0 Å². The van der Waals surface area contributed by atoms with Crippen LogP contribution in [-0.4, -0.2) is 16.6 Å². The molecule has 0 radical (unpaired) electrons. The maximum Gasteiger partial charge on any atom is 0.196 e. The van der Waals surface area contributed by atoms with Crippen LogP contribution in [0.5, 0.6) is 0 Å². The van der Waals surface area contributed by atoms with Gasteiger partial charge in [-0.2, -0.15) is 22.4 Å². The van der Waals surface area contributed by atoms with E-state index in [1.807, 2.05) is 11.6 Å². The second-order valence-electron chi connectivity index (χ2n) is 1.62. The monoisotopic (exact) mass is 226 g/mol. The Kier molecular flexibility index (Phi) is 4.84. The zero-order valence-corrected chi connectivity index (χ0v) is 7.91. The molecule has 40 valence electrons. The lowest BCUT2D eigenvalue weighted by Gasteiger charge is -2.00. The molecule has 7 heavy (non-hydrogen) atoms. The molecule has 0 spiro atoms. The van der Waals surface area contributed by atoms with Crippen LogP contribution in [0.4, 0.5) is 0 Å². The molecule has 0 amide bonds. The normalized spacial score (nSPS) is 8.57. The minimum Gasteiger partial charge on any atom is -0.222 e. The van der Waals surface area contributed by atoms with Crippen molar-refractivity contribution < 1.29 is 0 Å². The Bertz CT molecular complexity index is 50.2. The molecular weight excluding hydrogens is 217 g/mol. The lowest BCUT2D eigenvalue weighted by atomic mass is 9.40. The van der Waals surface area contributed by atoms with Crippen molar-refractivity contribution in [2.45, 2.75) is 13.6 Å². The number of hydrogen-bond donors (Lipinski definition) is 0. The fraction of sp³-hybridized carbons (Fsp3) is 1.00. The van der Waals surface area contributed by atoms with Gasteiger partial charge >= 0.3 is 0 Å². The summed E-state index contributed by atoms with van der Waals surface area (Å²) in [6.07, 6.45) is 2.15. The van der Waals surface area contributed by atoms with Crippen molar-refractivity contribution in [3.8, 4) is 0 Å². The molecular formula is C3H9B2IS. The van der Waals surface area contributed by atoms with Gasteiger partial charge in [-0.25, -0.2) is 11.6 Å². The number of hydrogen-bond acceptors (Lipinski definition) is 1. The average Bonchev–Trinajstić information content (AvgIpc) is 1.65. The van der Waals surface area contributed by atoms with Crippen molar-refractivity contribution in [1.82, 2.24) is 0 Å². The van der Waals surface area contributed by atoms with Crippen molar-refractivity contribution in [3.05, 3.63) is 0 Å². The lowest BCUT2D eigenvalue weighted by Crippen LogP contribution is -2.18. The standard InChI is InChI=1S/C3H9B2IS/c1-4(6)5(2)7-3/h1-3H3. The highest BCUT2D eigenvalue weighted by Crippen LogP contribution is 2.08. The molecule has 0 saturated carbocycles. The molecule has 0 aromatic rings. The molecule has 0 aliphatic carbocycles. The molecule has 0 unspecified atom stereocenters. The van der Waals surface area contributed by atoms with Crippen LogP contribution in [0.3, 0.4) is 0 Å². The molecule has 0 fully saturated rings. The summed E-state index contributed by atoms with van der Waals surface area (Å²) in [5.41, 5.74) is 0. The zero-order valence-electron chi connectivity index (χ0n) is 4.94. The summed E-state index contributed by atoms with van der Waals surface area (Å²) in [6, 6.07) is 0. The minimum atomic E-state index is 0.799. The van der Waals surface area contributed by atoms with Crippen LogP contribution >= 0.6 is 34.0 Å². The van der Waals surface area contributed by atoms with Gasteiger partial charge in [-0.15, -0.1) is 0 Å². The Labute approximate surface area is 64.1 Å². The second kappa shape index (κ2) is 4.12. The van der Waals surface area contributed by atoms with Crippen LogP contribution in [0.2, 0.25) is 13.6 Å². The van der Waals surface area contributed by atoms with Crippen LogP contribution in [0, 0.1) is 0 Å². The largest absolute Gasteiger partial charge is 0.222 e. The van der Waals surface area contributed by atoms with E-state index in [4.69, 9.17) is 0 Å². The van der Waals surface area contributed by atoms with Gasteiger partial charge in [-0.05, 0) is 6.26 Å². The first-order chi connectivity index (χ1) is 3.18. The molecule has 4 heteroatoms. The van der Waals surface area contributed by atoms with Crippen molar-refractivity contribution in [3.63, 3.8) is 0 Å². The SMILES string of the molecule is CSB(C)B(C)I. The van der Waals surface area contributed by atoms with E-state index >= 15 is 0 Å². The zero-order chi connectivity index (χ0) is 5.86. The Morgan fingerprint density at radius 3 is 1.86 bits per heavy atom. The summed E-state index contributed by atoms with van der Waals surface area (Å²) in [7, 11) is 0. The molecule has 0 heterocycles. The van der Waals surface area contributed by atoms with E-state index in [-0.39, 0.29) is 0 Å². The smallest absolute Gasteiger partial charge is 0.196 e. The van der Waals surface area contributed by atoms with Gasteiger partial charge in [0.1, 0.15) is 0 Å². The predicted molar refractivity (Wildman–Crippen MR) is 50.8 cm³/mol. The molecule has 0 atom stereocenters. The Morgan fingerprint density at radius 1 is 1.43 bits per heavy atom. The van der Waals surface area contributed by atoms with E-state index in [9.17, 15) is 0 Å². The highest BCUT2D eigenvalue weighted by Gasteiger charge is 2.13. The highest BCUT2D eigenvalue weighted by molar-refractivity contribution is 14.1. The van der Waals surface area contributed by atoms with Gasteiger partial charge in [-0.3, -0.25) is 0 Å². The highest BCUT2D eigenvalue weighted by atomic mass is 127. The van der Waals surface area contributed by atoms with Gasteiger partial charge < -0.3 is 0 Å². The molecule has 0 rings (SSSR count). The Balaban J connectivity index is 3.14. The van der Waals surface area contributed by atoms with Gasteiger partial charge in [0.05, 0.1) is 0 Å². The van der Waals surface area contributed by atoms with E-state index < -0.39 is 0 Å². The van der Waals surface area contributed by atoms with Crippen molar-refractivity contribution in [2.75, 3.05) is 6.26 Å². The van der Waals surface area contributed by atoms with Crippen molar-refractivity contribution in [2.24, 2.45) is 0 Å². The lowest BCUT2D eigenvalue weighted by molar-refractivity contribution is 2.26. The third kappa shape index (κ3) is 3.76. The van der Waals surface area contributed by atoms with Gasteiger partial charge in [0.25, 0.3) is 0 Å². The fourth-order valence-electron chi connectivity index (χ4n) is 0.188. The summed E-state index contributed by atoms with van der Waals surface area (Å²) < 4.78 is 0.799. The molecule has 0 N–H and O–H groups in total. The molecule has 0 aromatic carbocycles. The molecule has 0 aliphatic rings. The van der Waals surface area contributed by atoms with Gasteiger partial charge in [0, 0.05) is 0 Å². The predicted octanol–water partition coefficient (Wildman–Crippen LogP) is 2.11. The summed E-state index contributed by atoms with van der Waals surface area (Å²) in [4.78, 5) is 0. The third-order valence-electron chi connectivity index (χ3n) is 1.02. The maximum atomic E-state index is 2.45. The van der Waals surface area contributed by atoms with Crippen LogP contribution in [0.15, 0.2) is 0 Å². The molecule has 0 saturated heterocycles. The maximum absolute atomic E-state index is 2.45. The molecule has 0 bridgehead atoms. The summed E-state index contributed by atoms with van der Waals surface area (Å²) in [5.74, 6) is 0.806. The Hall–Kier alpha value is 1.21. The van der Waals surface area contributed by atoms with E-state index in [1.165, 1.54) is 0 Å². The average molecular weight is 226 g/mol. The topological polar surface area (TPSA) is 0 Å². The van der Waals surface area contributed by atoms with Gasteiger partial charge in [0.15, 0.2) is 10.3 Å². The van der Waals surface area contributed by atoms with Gasteiger partial charge in [-0.1, -0.05) is 13.6 Å². The summed E-state index contributed by atoms with van der Waals surface area (Å²) in [5, 5.41) is 0. The van der Waals surface area contributed by atoms with E-state index in [0.717, 1.165) is 10.3 Å². The third-order valence-corrected chi connectivity index (χ3v) is 3.74. The summed E-state index contributed by atoms with van der Waals surface area (Å²) >= 11 is 4.37. The Morgan fingerprint density at radius 2 is 1.86 bits per heavy atom.